The third-order valence-corrected chi connectivity index (χ3v) is 5.33. The molecule has 11 heteroatoms. The Bertz CT molecular complexity index is 1090. The molecule has 0 atom stereocenters. The van der Waals surface area contributed by atoms with Crippen molar-refractivity contribution in [3.05, 3.63) is 75.8 Å². The Hall–Kier alpha value is -3.14. The lowest BCUT2D eigenvalue weighted by Gasteiger charge is -2.29. The molecule has 1 aliphatic heterocycles. The van der Waals surface area contributed by atoms with E-state index in [2.05, 4.69) is 0 Å². The van der Waals surface area contributed by atoms with Crippen LogP contribution in [0.2, 0.25) is 5.02 Å². The molecule has 2 amide bonds. The summed E-state index contributed by atoms with van der Waals surface area (Å²) in [7, 11) is 0. The molecule has 0 fully saturated rings. The number of alkyl halides is 3. The Labute approximate surface area is 190 Å². The van der Waals surface area contributed by atoms with Crippen molar-refractivity contribution in [1.82, 2.24) is 10.2 Å². The van der Waals surface area contributed by atoms with Crippen LogP contribution >= 0.6 is 11.6 Å². The van der Waals surface area contributed by atoms with Crippen molar-refractivity contribution < 1.29 is 36.3 Å². The molecular weight excluding hydrogens is 471 g/mol. The zero-order valence-electron chi connectivity index (χ0n) is 17.0. The van der Waals surface area contributed by atoms with Gasteiger partial charge in [-0.1, -0.05) is 23.7 Å². The van der Waals surface area contributed by atoms with Gasteiger partial charge in [-0.2, -0.15) is 13.2 Å². The van der Waals surface area contributed by atoms with Gasteiger partial charge in [0.1, 0.15) is 6.61 Å². The smallest absolute Gasteiger partial charge is 0.471 e. The second-order valence-corrected chi connectivity index (χ2v) is 7.64. The largest absolute Gasteiger partial charge is 0.486 e. The Balaban J connectivity index is 1.60. The predicted molar refractivity (Wildman–Crippen MR) is 110 cm³/mol. The summed E-state index contributed by atoms with van der Waals surface area (Å²) in [5, 5.41) is 2.12. The minimum Gasteiger partial charge on any atom is -0.486 e. The van der Waals surface area contributed by atoms with Crippen molar-refractivity contribution in [2.24, 2.45) is 0 Å². The van der Waals surface area contributed by atoms with Crippen molar-refractivity contribution in [3.63, 3.8) is 0 Å². The molecule has 1 aliphatic rings. The minimum atomic E-state index is -5.11. The number of halogens is 6. The molecule has 0 aliphatic carbocycles. The lowest BCUT2D eigenvalue weighted by atomic mass is 9.99. The van der Waals surface area contributed by atoms with E-state index in [0.29, 0.717) is 24.5 Å². The molecule has 3 rings (SSSR count). The summed E-state index contributed by atoms with van der Waals surface area (Å²) < 4.78 is 69.0. The number of amides is 2. The Morgan fingerprint density at radius 1 is 1.21 bits per heavy atom. The first-order valence-electron chi connectivity index (χ1n) is 9.71. The van der Waals surface area contributed by atoms with Gasteiger partial charge in [0.05, 0.1) is 6.33 Å². The van der Waals surface area contributed by atoms with Crippen molar-refractivity contribution in [1.29, 1.82) is 0 Å². The number of hydrogen-bond acceptors (Lipinski definition) is 3. The van der Waals surface area contributed by atoms with Gasteiger partial charge in [0.15, 0.2) is 11.6 Å². The van der Waals surface area contributed by atoms with Gasteiger partial charge in [0.25, 0.3) is 5.91 Å². The molecule has 1 heterocycles. The molecule has 0 spiro atoms. The number of nitrogens with one attached hydrogen (secondary N) is 1. The summed E-state index contributed by atoms with van der Waals surface area (Å²) in [5.41, 5.74) is 1.61. The fraction of sp³-hybridized carbons (Fsp3) is 0.273. The van der Waals surface area contributed by atoms with Gasteiger partial charge in [-0.25, -0.2) is 8.78 Å². The van der Waals surface area contributed by atoms with Crippen LogP contribution in [0.3, 0.4) is 0 Å². The van der Waals surface area contributed by atoms with E-state index in [9.17, 15) is 31.5 Å². The van der Waals surface area contributed by atoms with E-state index in [4.69, 9.17) is 16.3 Å². The van der Waals surface area contributed by atoms with Crippen LogP contribution in [0.5, 0.6) is 5.75 Å². The molecular formula is C22H18ClF5N2O3. The van der Waals surface area contributed by atoms with Gasteiger partial charge in [-0.3, -0.25) is 9.59 Å². The summed E-state index contributed by atoms with van der Waals surface area (Å²) in [4.78, 5) is 25.2. The number of fused-ring (bicyclic) bond motifs is 1. The van der Waals surface area contributed by atoms with Crippen LogP contribution in [0.15, 0.2) is 48.3 Å². The van der Waals surface area contributed by atoms with Crippen LogP contribution in [0.1, 0.15) is 21.5 Å². The molecule has 0 bridgehead atoms. The number of carbonyl (C=O) groups excluding carboxylic acids is 2. The van der Waals surface area contributed by atoms with Gasteiger partial charge < -0.3 is 15.0 Å². The molecule has 0 unspecified atom stereocenters. The molecule has 1 N–H and O–H groups in total. The van der Waals surface area contributed by atoms with Gasteiger partial charge in [0.2, 0.25) is 0 Å². The van der Waals surface area contributed by atoms with Crippen LogP contribution in [0.25, 0.3) is 0 Å². The van der Waals surface area contributed by atoms with E-state index in [-0.39, 0.29) is 23.2 Å². The zero-order valence-corrected chi connectivity index (χ0v) is 17.8. The molecule has 0 saturated heterocycles. The molecule has 33 heavy (non-hydrogen) atoms. The van der Waals surface area contributed by atoms with Crippen LogP contribution in [0.4, 0.5) is 22.0 Å². The molecule has 2 aromatic rings. The predicted octanol–water partition coefficient (Wildman–Crippen LogP) is 4.59. The SMILES string of the molecule is O=C(c1ccc(OCC(=CF)CNC(=O)C(F)(F)F)c(F)c1)N1CCc2c(Cl)cccc2C1. The maximum absolute atomic E-state index is 14.4. The molecule has 0 radical (unpaired) electrons. The lowest BCUT2D eigenvalue weighted by molar-refractivity contribution is -0.173. The number of ether oxygens (including phenoxy) is 1. The van der Waals surface area contributed by atoms with Crippen LogP contribution < -0.4 is 10.1 Å². The van der Waals surface area contributed by atoms with Gasteiger partial charge in [-0.05, 0) is 41.8 Å². The molecule has 0 saturated carbocycles. The number of hydrogen-bond donors (Lipinski definition) is 1. The standard InChI is InChI=1S/C22H18ClF5N2O3/c23-17-3-1-2-15-11-30(7-6-16(15)17)20(31)14-4-5-19(18(25)8-14)33-12-13(9-24)10-29-21(32)22(26,27)28/h1-5,8-9H,6-7,10-12H2,(H,29,32). The van der Waals surface area contributed by atoms with E-state index in [1.54, 1.807) is 17.0 Å². The minimum absolute atomic E-state index is 0.0348. The van der Waals surface area contributed by atoms with Crippen molar-refractivity contribution in [3.8, 4) is 5.75 Å². The summed E-state index contributed by atoms with van der Waals surface area (Å²) >= 11 is 6.18. The zero-order chi connectivity index (χ0) is 24.2. The summed E-state index contributed by atoms with van der Waals surface area (Å²) in [6, 6.07) is 8.90. The highest BCUT2D eigenvalue weighted by Gasteiger charge is 2.38. The maximum Gasteiger partial charge on any atom is 0.471 e. The normalized spacial score (nSPS) is 14.0. The van der Waals surface area contributed by atoms with E-state index < -0.39 is 37.0 Å². The molecule has 5 nitrogen and oxygen atoms in total. The number of nitrogens with zero attached hydrogens (tertiary/aromatic N) is 1. The Morgan fingerprint density at radius 2 is 1.97 bits per heavy atom. The first kappa shape index (κ1) is 24.5. The van der Waals surface area contributed by atoms with E-state index in [1.807, 2.05) is 6.07 Å². The summed E-state index contributed by atoms with van der Waals surface area (Å²) in [6.45, 7) is -0.650. The fourth-order valence-electron chi connectivity index (χ4n) is 3.26. The third-order valence-electron chi connectivity index (χ3n) is 4.98. The second-order valence-electron chi connectivity index (χ2n) is 7.24. The van der Waals surface area contributed by atoms with Crippen LogP contribution in [-0.4, -0.2) is 42.6 Å². The highest BCUT2D eigenvalue weighted by Crippen LogP contribution is 2.27. The Kier molecular flexibility index (Phi) is 7.57. The van der Waals surface area contributed by atoms with E-state index in [1.165, 1.54) is 17.4 Å². The van der Waals surface area contributed by atoms with Crippen molar-refractivity contribution in [2.45, 2.75) is 19.1 Å². The first-order valence-corrected chi connectivity index (χ1v) is 10.1. The fourth-order valence-corrected chi connectivity index (χ4v) is 3.54. The average Bonchev–Trinajstić information content (AvgIpc) is 2.78. The number of rotatable bonds is 6. The molecule has 176 valence electrons. The second kappa shape index (κ2) is 10.2. The van der Waals surface area contributed by atoms with Crippen LogP contribution in [-0.2, 0) is 17.8 Å². The van der Waals surface area contributed by atoms with Gasteiger partial charge >= 0.3 is 12.1 Å². The van der Waals surface area contributed by atoms with Crippen molar-refractivity contribution >= 4 is 23.4 Å². The third kappa shape index (κ3) is 6.01. The number of carbonyl (C=O) groups is 2. The van der Waals surface area contributed by atoms with Crippen molar-refractivity contribution in [2.75, 3.05) is 19.7 Å². The molecule has 2 aromatic carbocycles. The highest BCUT2D eigenvalue weighted by molar-refractivity contribution is 6.31. The topological polar surface area (TPSA) is 58.6 Å². The Morgan fingerprint density at radius 3 is 2.64 bits per heavy atom. The lowest BCUT2D eigenvalue weighted by Crippen LogP contribution is -2.38. The maximum atomic E-state index is 14.4. The van der Waals surface area contributed by atoms with E-state index in [0.717, 1.165) is 17.2 Å². The quantitative estimate of drug-likeness (QED) is 0.605. The first-order chi connectivity index (χ1) is 15.6. The summed E-state index contributed by atoms with van der Waals surface area (Å²) in [6.07, 6.45) is -4.58. The van der Waals surface area contributed by atoms with Crippen LogP contribution in [0, 0.1) is 5.82 Å². The average molecular weight is 489 g/mol. The highest BCUT2D eigenvalue weighted by atomic mass is 35.5. The number of benzene rings is 2. The molecule has 0 aromatic heterocycles. The monoisotopic (exact) mass is 488 g/mol. The van der Waals surface area contributed by atoms with Gasteiger partial charge in [0, 0.05) is 35.8 Å². The van der Waals surface area contributed by atoms with Gasteiger partial charge in [-0.15, -0.1) is 0 Å². The van der Waals surface area contributed by atoms with E-state index >= 15 is 0 Å². The summed E-state index contributed by atoms with van der Waals surface area (Å²) in [5.74, 6) is -3.87.